The first-order chi connectivity index (χ1) is 9.11. The minimum atomic E-state index is 0.154. The average molecular weight is 385 g/mol. The number of benzene rings is 2. The molecule has 0 heterocycles. The SMILES string of the molecule is COc1ccccc1N=Cc1cc(Br)cc(Br)c1O. The molecule has 0 spiro atoms. The van der Waals surface area contributed by atoms with E-state index in [0.717, 1.165) is 4.47 Å². The minimum Gasteiger partial charge on any atom is -0.506 e. The molecule has 2 aromatic carbocycles. The molecule has 98 valence electrons. The van der Waals surface area contributed by atoms with Crippen LogP contribution in [0, 0.1) is 0 Å². The molecule has 2 aromatic rings. The molecule has 0 fully saturated rings. The number of aliphatic imine (C=N–C) groups is 1. The molecule has 1 N–H and O–H groups in total. The van der Waals surface area contributed by atoms with Crippen molar-refractivity contribution in [2.24, 2.45) is 4.99 Å². The molecule has 0 aliphatic heterocycles. The summed E-state index contributed by atoms with van der Waals surface area (Å²) in [6.07, 6.45) is 1.60. The third kappa shape index (κ3) is 3.36. The van der Waals surface area contributed by atoms with Crippen LogP contribution in [0.1, 0.15) is 5.56 Å². The Bertz CT molecular complexity index is 627. The van der Waals surface area contributed by atoms with Gasteiger partial charge in [-0.1, -0.05) is 28.1 Å². The Kier molecular flexibility index (Phi) is 4.61. The van der Waals surface area contributed by atoms with Crippen molar-refractivity contribution in [3.05, 3.63) is 50.9 Å². The summed E-state index contributed by atoms with van der Waals surface area (Å²) in [7, 11) is 1.60. The molecular formula is C14H11Br2NO2. The predicted octanol–water partition coefficient (Wildman–Crippen LogP) is 4.68. The average Bonchev–Trinajstić information content (AvgIpc) is 2.41. The maximum Gasteiger partial charge on any atom is 0.144 e. The van der Waals surface area contributed by atoms with E-state index in [0.29, 0.717) is 21.5 Å². The Morgan fingerprint density at radius 3 is 2.68 bits per heavy atom. The summed E-state index contributed by atoms with van der Waals surface area (Å²) in [4.78, 5) is 4.34. The summed E-state index contributed by atoms with van der Waals surface area (Å²) < 4.78 is 6.69. The molecule has 0 amide bonds. The van der Waals surface area contributed by atoms with Crippen LogP contribution in [0.2, 0.25) is 0 Å². The summed E-state index contributed by atoms with van der Waals surface area (Å²) >= 11 is 6.66. The van der Waals surface area contributed by atoms with Crippen molar-refractivity contribution in [3.8, 4) is 11.5 Å². The van der Waals surface area contributed by atoms with E-state index in [4.69, 9.17) is 4.74 Å². The van der Waals surface area contributed by atoms with Gasteiger partial charge in [0, 0.05) is 16.3 Å². The number of halogens is 2. The second kappa shape index (κ2) is 6.21. The van der Waals surface area contributed by atoms with Gasteiger partial charge in [0.15, 0.2) is 0 Å². The zero-order valence-corrected chi connectivity index (χ0v) is 13.3. The van der Waals surface area contributed by atoms with E-state index in [1.54, 1.807) is 25.5 Å². The van der Waals surface area contributed by atoms with Crippen LogP contribution in [0.25, 0.3) is 0 Å². The van der Waals surface area contributed by atoms with E-state index >= 15 is 0 Å². The van der Waals surface area contributed by atoms with Crippen molar-refractivity contribution in [2.45, 2.75) is 0 Å². The highest BCUT2D eigenvalue weighted by Gasteiger charge is 2.06. The number of hydrogen-bond donors (Lipinski definition) is 1. The van der Waals surface area contributed by atoms with Gasteiger partial charge in [-0.15, -0.1) is 0 Å². The first-order valence-corrected chi connectivity index (χ1v) is 7.05. The zero-order valence-electron chi connectivity index (χ0n) is 10.1. The highest BCUT2D eigenvalue weighted by molar-refractivity contribution is 9.11. The van der Waals surface area contributed by atoms with Crippen LogP contribution in [0.5, 0.6) is 11.5 Å². The number of phenols is 1. The summed E-state index contributed by atoms with van der Waals surface area (Å²) in [6.45, 7) is 0. The lowest BCUT2D eigenvalue weighted by atomic mass is 10.2. The van der Waals surface area contributed by atoms with Crippen LogP contribution >= 0.6 is 31.9 Å². The summed E-state index contributed by atoms with van der Waals surface area (Å²) in [5.74, 6) is 0.842. The Hall–Kier alpha value is -1.33. The summed E-state index contributed by atoms with van der Waals surface area (Å²) in [5, 5.41) is 9.94. The Morgan fingerprint density at radius 1 is 1.21 bits per heavy atom. The third-order valence-electron chi connectivity index (χ3n) is 2.49. The van der Waals surface area contributed by atoms with Gasteiger partial charge in [0.25, 0.3) is 0 Å². The van der Waals surface area contributed by atoms with E-state index in [1.165, 1.54) is 0 Å². The molecule has 5 heteroatoms. The van der Waals surface area contributed by atoms with Gasteiger partial charge in [0.05, 0.1) is 11.6 Å². The number of ether oxygens (including phenoxy) is 1. The Morgan fingerprint density at radius 2 is 1.95 bits per heavy atom. The fraction of sp³-hybridized carbons (Fsp3) is 0.0714. The molecule has 0 aromatic heterocycles. The van der Waals surface area contributed by atoms with Crippen LogP contribution in [0.4, 0.5) is 5.69 Å². The maximum atomic E-state index is 9.94. The van der Waals surface area contributed by atoms with Crippen LogP contribution < -0.4 is 4.74 Å². The van der Waals surface area contributed by atoms with Crippen molar-refractivity contribution in [1.29, 1.82) is 0 Å². The number of phenolic OH excluding ortho intramolecular Hbond substituents is 1. The lowest BCUT2D eigenvalue weighted by Crippen LogP contribution is -1.86. The smallest absolute Gasteiger partial charge is 0.144 e. The number of nitrogens with zero attached hydrogens (tertiary/aromatic N) is 1. The number of rotatable bonds is 3. The van der Waals surface area contributed by atoms with Crippen LogP contribution in [-0.4, -0.2) is 18.4 Å². The Labute approximate surface area is 128 Å². The topological polar surface area (TPSA) is 41.8 Å². The highest BCUT2D eigenvalue weighted by atomic mass is 79.9. The van der Waals surface area contributed by atoms with Crippen LogP contribution in [-0.2, 0) is 0 Å². The first kappa shape index (κ1) is 14.1. The van der Waals surface area contributed by atoms with Gasteiger partial charge in [-0.25, -0.2) is 0 Å². The molecule has 0 radical (unpaired) electrons. The van der Waals surface area contributed by atoms with Gasteiger partial charge in [-0.3, -0.25) is 4.99 Å². The maximum absolute atomic E-state index is 9.94. The van der Waals surface area contributed by atoms with E-state index < -0.39 is 0 Å². The first-order valence-electron chi connectivity index (χ1n) is 5.47. The number of para-hydroxylation sites is 2. The van der Waals surface area contributed by atoms with E-state index in [2.05, 4.69) is 36.9 Å². The van der Waals surface area contributed by atoms with Crippen molar-refractivity contribution in [2.75, 3.05) is 7.11 Å². The molecule has 19 heavy (non-hydrogen) atoms. The fourth-order valence-corrected chi connectivity index (χ4v) is 2.82. The molecular weight excluding hydrogens is 374 g/mol. The lowest BCUT2D eigenvalue weighted by Gasteiger charge is -2.05. The number of hydrogen-bond acceptors (Lipinski definition) is 3. The number of aromatic hydroxyl groups is 1. The molecule has 0 atom stereocenters. The fourth-order valence-electron chi connectivity index (χ4n) is 1.56. The predicted molar refractivity (Wildman–Crippen MR) is 83.8 cm³/mol. The third-order valence-corrected chi connectivity index (χ3v) is 3.55. The van der Waals surface area contributed by atoms with Crippen molar-refractivity contribution in [3.63, 3.8) is 0 Å². The molecule has 0 aliphatic rings. The quantitative estimate of drug-likeness (QED) is 0.780. The molecule has 0 saturated heterocycles. The zero-order chi connectivity index (χ0) is 13.8. The lowest BCUT2D eigenvalue weighted by molar-refractivity contribution is 0.416. The number of methoxy groups -OCH3 is 1. The standard InChI is InChI=1S/C14H11Br2NO2/c1-19-13-5-3-2-4-12(13)17-8-9-6-10(15)7-11(16)14(9)18/h2-8,18H,1H3. The molecule has 0 bridgehead atoms. The van der Waals surface area contributed by atoms with Crippen molar-refractivity contribution < 1.29 is 9.84 Å². The Balaban J connectivity index is 2.38. The summed E-state index contributed by atoms with van der Waals surface area (Å²) in [6, 6.07) is 11.0. The van der Waals surface area contributed by atoms with Crippen LogP contribution in [0.3, 0.4) is 0 Å². The largest absolute Gasteiger partial charge is 0.506 e. The second-order valence-corrected chi connectivity index (χ2v) is 5.53. The normalized spacial score (nSPS) is 10.9. The minimum absolute atomic E-state index is 0.154. The van der Waals surface area contributed by atoms with Crippen molar-refractivity contribution in [1.82, 2.24) is 0 Å². The van der Waals surface area contributed by atoms with Crippen molar-refractivity contribution >= 4 is 43.8 Å². The van der Waals surface area contributed by atoms with Gasteiger partial charge in [-0.05, 0) is 40.2 Å². The molecule has 0 aliphatic carbocycles. The second-order valence-electron chi connectivity index (χ2n) is 3.76. The molecule has 3 nitrogen and oxygen atoms in total. The van der Waals surface area contributed by atoms with Gasteiger partial charge in [-0.2, -0.15) is 0 Å². The van der Waals surface area contributed by atoms with Gasteiger partial charge in [0.1, 0.15) is 17.2 Å². The van der Waals surface area contributed by atoms with Gasteiger partial charge < -0.3 is 9.84 Å². The van der Waals surface area contributed by atoms with E-state index in [1.807, 2.05) is 24.3 Å². The van der Waals surface area contributed by atoms with E-state index in [-0.39, 0.29) is 5.75 Å². The van der Waals surface area contributed by atoms with Gasteiger partial charge in [0.2, 0.25) is 0 Å². The summed E-state index contributed by atoms with van der Waals surface area (Å²) in [5.41, 5.74) is 1.33. The van der Waals surface area contributed by atoms with Gasteiger partial charge >= 0.3 is 0 Å². The van der Waals surface area contributed by atoms with E-state index in [9.17, 15) is 5.11 Å². The molecule has 2 rings (SSSR count). The van der Waals surface area contributed by atoms with Crippen LogP contribution in [0.15, 0.2) is 50.3 Å². The highest BCUT2D eigenvalue weighted by Crippen LogP contribution is 2.32. The molecule has 0 saturated carbocycles. The monoisotopic (exact) mass is 383 g/mol. The molecule has 0 unspecified atom stereocenters.